The smallest absolute Gasteiger partial charge is 0.277 e. The molecule has 2 rings (SSSR count). The van der Waals surface area contributed by atoms with Crippen LogP contribution in [-0.2, 0) is 4.79 Å². The Kier molecular flexibility index (Phi) is 6.55. The van der Waals surface area contributed by atoms with Crippen LogP contribution in [0.25, 0.3) is 0 Å². The molecule has 0 aliphatic carbocycles. The number of rotatable bonds is 7. The van der Waals surface area contributed by atoms with Crippen LogP contribution in [0.15, 0.2) is 53.6 Å². The Morgan fingerprint density at radius 2 is 1.92 bits per heavy atom. The molecule has 4 heteroatoms. The Morgan fingerprint density at radius 3 is 2.67 bits per heavy atom. The lowest BCUT2D eigenvalue weighted by molar-refractivity contribution is -0.123. The molecule has 0 aromatic heterocycles. The van der Waals surface area contributed by atoms with Gasteiger partial charge in [-0.2, -0.15) is 5.10 Å². The second-order valence-electron chi connectivity index (χ2n) is 5.88. The molecule has 0 spiro atoms. The average Bonchev–Trinajstić information content (AvgIpc) is 2.60. The maximum absolute atomic E-state index is 11.8. The molecule has 2 aromatic carbocycles. The minimum absolute atomic E-state index is 0.0458. The molecule has 1 amide bonds. The molecule has 4 nitrogen and oxygen atoms in total. The van der Waals surface area contributed by atoms with Crippen LogP contribution in [0, 0.1) is 13.8 Å². The van der Waals surface area contributed by atoms with Gasteiger partial charge in [-0.1, -0.05) is 49.4 Å². The molecule has 1 unspecified atom stereocenters. The van der Waals surface area contributed by atoms with Crippen molar-refractivity contribution in [2.24, 2.45) is 5.10 Å². The summed E-state index contributed by atoms with van der Waals surface area (Å²) >= 11 is 0. The Hall–Kier alpha value is -2.62. The lowest BCUT2D eigenvalue weighted by atomic mass is 9.99. The number of amides is 1. The molecule has 0 saturated heterocycles. The first-order valence-electron chi connectivity index (χ1n) is 8.12. The predicted molar refractivity (Wildman–Crippen MR) is 97.5 cm³/mol. The van der Waals surface area contributed by atoms with E-state index in [2.05, 4.69) is 29.6 Å². The van der Waals surface area contributed by atoms with Gasteiger partial charge in [-0.15, -0.1) is 0 Å². The zero-order valence-electron chi connectivity index (χ0n) is 14.5. The molecule has 1 N–H and O–H groups in total. The van der Waals surface area contributed by atoms with Gasteiger partial charge >= 0.3 is 0 Å². The molecule has 0 saturated carbocycles. The molecule has 0 fully saturated rings. The minimum atomic E-state index is -0.264. The van der Waals surface area contributed by atoms with Crippen molar-refractivity contribution >= 4 is 12.1 Å². The molecule has 126 valence electrons. The van der Waals surface area contributed by atoms with E-state index in [9.17, 15) is 4.79 Å². The lowest BCUT2D eigenvalue weighted by Gasteiger charge is -2.10. The highest BCUT2D eigenvalue weighted by Gasteiger charge is 2.06. The van der Waals surface area contributed by atoms with Crippen molar-refractivity contribution in [3.05, 3.63) is 65.2 Å². The van der Waals surface area contributed by atoms with E-state index in [-0.39, 0.29) is 12.5 Å². The summed E-state index contributed by atoms with van der Waals surface area (Å²) in [5, 5.41) is 3.98. The van der Waals surface area contributed by atoms with Crippen molar-refractivity contribution in [3.63, 3.8) is 0 Å². The van der Waals surface area contributed by atoms with Crippen LogP contribution in [0.4, 0.5) is 0 Å². The third-order valence-electron chi connectivity index (χ3n) is 4.02. The van der Waals surface area contributed by atoms with Crippen LogP contribution >= 0.6 is 0 Å². The van der Waals surface area contributed by atoms with Crippen molar-refractivity contribution in [1.82, 2.24) is 5.43 Å². The molecule has 0 aliphatic rings. The Bertz CT molecular complexity index is 696. The van der Waals surface area contributed by atoms with E-state index in [0.717, 1.165) is 23.3 Å². The zero-order valence-corrected chi connectivity index (χ0v) is 14.5. The normalized spacial score (nSPS) is 12.1. The number of carbonyl (C=O) groups excluding carboxylic acids is 1. The zero-order chi connectivity index (χ0) is 17.4. The van der Waals surface area contributed by atoms with Gasteiger partial charge in [-0.25, -0.2) is 5.43 Å². The van der Waals surface area contributed by atoms with E-state index in [4.69, 9.17) is 4.74 Å². The standard InChI is InChI=1S/C20H24N2O2/c1-15-8-7-11-19(17(15)3)24-14-20(23)22-21-13-12-16(2)18-9-5-4-6-10-18/h4-11,13,16H,12,14H2,1-3H3,(H,22,23)/b21-13+. The molecule has 2 aromatic rings. The number of aryl methyl sites for hydroxylation is 1. The molecule has 1 atom stereocenters. The minimum Gasteiger partial charge on any atom is -0.483 e. The Morgan fingerprint density at radius 1 is 1.17 bits per heavy atom. The number of hydrogen-bond donors (Lipinski definition) is 1. The summed E-state index contributed by atoms with van der Waals surface area (Å²) in [4.78, 5) is 11.8. The molecular weight excluding hydrogens is 300 g/mol. The highest BCUT2D eigenvalue weighted by Crippen LogP contribution is 2.20. The van der Waals surface area contributed by atoms with Gasteiger partial charge in [0.1, 0.15) is 5.75 Å². The van der Waals surface area contributed by atoms with Crippen molar-refractivity contribution in [2.45, 2.75) is 33.1 Å². The number of carbonyl (C=O) groups is 1. The summed E-state index contributed by atoms with van der Waals surface area (Å²) in [5.41, 5.74) is 5.94. The average molecular weight is 324 g/mol. The third-order valence-corrected chi connectivity index (χ3v) is 4.02. The van der Waals surface area contributed by atoms with E-state index < -0.39 is 0 Å². The largest absolute Gasteiger partial charge is 0.483 e. The van der Waals surface area contributed by atoms with Crippen LogP contribution in [0.2, 0.25) is 0 Å². The van der Waals surface area contributed by atoms with Crippen molar-refractivity contribution in [1.29, 1.82) is 0 Å². The number of nitrogens with one attached hydrogen (secondary N) is 1. The fourth-order valence-corrected chi connectivity index (χ4v) is 2.30. The number of ether oxygens (including phenoxy) is 1. The SMILES string of the molecule is Cc1cccc(OCC(=O)N/N=C/CC(C)c2ccccc2)c1C. The summed E-state index contributed by atoms with van der Waals surface area (Å²) in [6, 6.07) is 16.0. The first kappa shape index (κ1) is 17.7. The van der Waals surface area contributed by atoms with E-state index in [1.165, 1.54) is 5.56 Å². The van der Waals surface area contributed by atoms with Crippen LogP contribution in [0.1, 0.15) is 36.0 Å². The van der Waals surface area contributed by atoms with Gasteiger partial charge in [0, 0.05) is 6.21 Å². The number of nitrogens with zero attached hydrogens (tertiary/aromatic N) is 1. The predicted octanol–water partition coefficient (Wildman–Crippen LogP) is 3.98. The van der Waals surface area contributed by atoms with Crippen molar-refractivity contribution in [3.8, 4) is 5.75 Å². The summed E-state index contributed by atoms with van der Waals surface area (Å²) < 4.78 is 5.54. The maximum Gasteiger partial charge on any atom is 0.277 e. The fraction of sp³-hybridized carbons (Fsp3) is 0.300. The third kappa shape index (κ3) is 5.23. The van der Waals surface area contributed by atoms with Gasteiger partial charge in [0.2, 0.25) is 0 Å². The van der Waals surface area contributed by atoms with E-state index in [0.29, 0.717) is 5.92 Å². The van der Waals surface area contributed by atoms with Crippen LogP contribution in [0.5, 0.6) is 5.75 Å². The summed E-state index contributed by atoms with van der Waals surface area (Å²) in [7, 11) is 0. The van der Waals surface area contributed by atoms with Gasteiger partial charge in [-0.3, -0.25) is 4.79 Å². The second kappa shape index (κ2) is 8.87. The maximum atomic E-state index is 11.8. The van der Waals surface area contributed by atoms with Crippen LogP contribution < -0.4 is 10.2 Å². The van der Waals surface area contributed by atoms with E-state index in [1.807, 2.05) is 50.2 Å². The van der Waals surface area contributed by atoms with E-state index in [1.54, 1.807) is 6.21 Å². The quantitative estimate of drug-likeness (QED) is 0.619. The van der Waals surface area contributed by atoms with Crippen molar-refractivity contribution < 1.29 is 9.53 Å². The highest BCUT2D eigenvalue weighted by molar-refractivity contribution is 5.78. The first-order valence-corrected chi connectivity index (χ1v) is 8.12. The lowest BCUT2D eigenvalue weighted by Crippen LogP contribution is -2.24. The first-order chi connectivity index (χ1) is 11.6. The topological polar surface area (TPSA) is 50.7 Å². The highest BCUT2D eigenvalue weighted by atomic mass is 16.5. The summed E-state index contributed by atoms with van der Waals surface area (Å²) in [5.74, 6) is 0.824. The van der Waals surface area contributed by atoms with Gasteiger partial charge < -0.3 is 4.74 Å². The van der Waals surface area contributed by atoms with Crippen LogP contribution in [-0.4, -0.2) is 18.7 Å². The van der Waals surface area contributed by atoms with Gasteiger partial charge in [-0.05, 0) is 48.9 Å². The summed E-state index contributed by atoms with van der Waals surface area (Å²) in [6.07, 6.45) is 2.50. The fourth-order valence-electron chi connectivity index (χ4n) is 2.30. The second-order valence-corrected chi connectivity index (χ2v) is 5.88. The van der Waals surface area contributed by atoms with Gasteiger partial charge in [0.05, 0.1) is 0 Å². The monoisotopic (exact) mass is 324 g/mol. The number of hydrogen-bond acceptors (Lipinski definition) is 3. The number of benzene rings is 2. The van der Waals surface area contributed by atoms with Crippen molar-refractivity contribution in [2.75, 3.05) is 6.61 Å². The molecular formula is C20H24N2O2. The van der Waals surface area contributed by atoms with E-state index >= 15 is 0 Å². The Labute approximate surface area is 143 Å². The molecule has 0 radical (unpaired) electrons. The Balaban J connectivity index is 1.74. The summed E-state index contributed by atoms with van der Waals surface area (Å²) in [6.45, 7) is 6.08. The van der Waals surface area contributed by atoms with Crippen LogP contribution in [0.3, 0.4) is 0 Å². The van der Waals surface area contributed by atoms with Gasteiger partial charge in [0.15, 0.2) is 6.61 Å². The van der Waals surface area contributed by atoms with Gasteiger partial charge in [0.25, 0.3) is 5.91 Å². The molecule has 0 bridgehead atoms. The molecule has 0 aliphatic heterocycles. The number of hydrazone groups is 1. The molecule has 0 heterocycles. The molecule has 24 heavy (non-hydrogen) atoms.